The van der Waals surface area contributed by atoms with Gasteiger partial charge in [-0.1, -0.05) is 0 Å². The van der Waals surface area contributed by atoms with Crippen molar-refractivity contribution in [3.8, 4) is 0 Å². The Labute approximate surface area is 94.7 Å². The second-order valence-electron chi connectivity index (χ2n) is 3.56. The molecule has 1 rings (SSSR count). The van der Waals surface area contributed by atoms with Crippen LogP contribution in [0.5, 0.6) is 0 Å². The van der Waals surface area contributed by atoms with Crippen LogP contribution in [0.25, 0.3) is 0 Å². The molecule has 0 spiro atoms. The van der Waals surface area contributed by atoms with Crippen LogP contribution in [0, 0.1) is 0 Å². The van der Waals surface area contributed by atoms with Crippen LogP contribution in [0.4, 0.5) is 0 Å². The number of primary amides is 1. The molecule has 0 aliphatic heterocycles. The largest absolute Gasteiger partial charge is 0.370 e. The van der Waals surface area contributed by atoms with Gasteiger partial charge < -0.3 is 11.1 Å². The number of rotatable bonds is 8. The summed E-state index contributed by atoms with van der Waals surface area (Å²) in [5.74, 6) is -0.201. The number of nitrogens with two attached hydrogens (primary N) is 1. The summed E-state index contributed by atoms with van der Waals surface area (Å²) in [6.07, 6.45) is 3.50. The Bertz CT molecular complexity index is 272. The molecule has 3 nitrogen and oxygen atoms in total. The molecule has 3 N–H and O–H groups in total. The molecule has 4 heteroatoms. The number of amides is 1. The third kappa shape index (κ3) is 6.25. The van der Waals surface area contributed by atoms with E-state index < -0.39 is 0 Å². The topological polar surface area (TPSA) is 55.1 Å². The Balaban J connectivity index is 1.87. The summed E-state index contributed by atoms with van der Waals surface area (Å²) >= 11 is 1.74. The number of nitrogens with one attached hydrogen (secondary N) is 1. The number of thiophene rings is 1. The fraction of sp³-hybridized carbons (Fsp3) is 0.545. The predicted octanol–water partition coefficient (Wildman–Crippen LogP) is 1.54. The first kappa shape index (κ1) is 12.2. The first-order chi connectivity index (χ1) is 7.29. The van der Waals surface area contributed by atoms with Gasteiger partial charge in [-0.05, 0) is 54.7 Å². The highest BCUT2D eigenvalue weighted by molar-refractivity contribution is 7.07. The molecular weight excluding hydrogens is 208 g/mol. The summed E-state index contributed by atoms with van der Waals surface area (Å²) in [7, 11) is 0. The van der Waals surface area contributed by atoms with Crippen LogP contribution >= 0.6 is 11.3 Å². The van der Waals surface area contributed by atoms with Gasteiger partial charge in [0.1, 0.15) is 0 Å². The molecular formula is C11H18N2OS. The lowest BCUT2D eigenvalue weighted by Gasteiger charge is -2.02. The molecule has 0 aromatic carbocycles. The summed E-state index contributed by atoms with van der Waals surface area (Å²) in [4.78, 5) is 10.4. The molecule has 0 atom stereocenters. The van der Waals surface area contributed by atoms with Crippen molar-refractivity contribution >= 4 is 17.2 Å². The highest BCUT2D eigenvalue weighted by Crippen LogP contribution is 2.05. The number of carbonyl (C=O) groups excluding carboxylic acids is 1. The standard InChI is InChI=1S/C11H18N2OS/c12-11(14)3-1-2-6-13-7-4-10-5-8-15-9-10/h5,8-9,13H,1-4,6-7H2,(H2,12,14). The molecule has 84 valence electrons. The van der Waals surface area contributed by atoms with Gasteiger partial charge in [0.15, 0.2) is 0 Å². The average molecular weight is 226 g/mol. The molecule has 0 saturated heterocycles. The van der Waals surface area contributed by atoms with Gasteiger partial charge in [-0.15, -0.1) is 0 Å². The predicted molar refractivity (Wildman–Crippen MR) is 63.9 cm³/mol. The van der Waals surface area contributed by atoms with Crippen LogP contribution in [0.3, 0.4) is 0 Å². The number of hydrogen-bond acceptors (Lipinski definition) is 3. The minimum Gasteiger partial charge on any atom is -0.370 e. The molecule has 0 aliphatic carbocycles. The summed E-state index contributed by atoms with van der Waals surface area (Å²) in [5, 5.41) is 7.62. The molecule has 0 bridgehead atoms. The van der Waals surface area contributed by atoms with Gasteiger partial charge in [-0.25, -0.2) is 0 Å². The van der Waals surface area contributed by atoms with Crippen molar-refractivity contribution in [2.45, 2.75) is 25.7 Å². The second-order valence-corrected chi connectivity index (χ2v) is 4.34. The third-order valence-electron chi connectivity index (χ3n) is 2.20. The van der Waals surface area contributed by atoms with E-state index in [1.54, 1.807) is 11.3 Å². The Kier molecular flexibility index (Phi) is 6.04. The molecule has 0 radical (unpaired) electrons. The molecule has 1 amide bonds. The maximum atomic E-state index is 10.4. The summed E-state index contributed by atoms with van der Waals surface area (Å²) < 4.78 is 0. The van der Waals surface area contributed by atoms with Crippen LogP contribution in [0.2, 0.25) is 0 Å². The van der Waals surface area contributed by atoms with E-state index in [9.17, 15) is 4.79 Å². The molecule has 1 aromatic heterocycles. The van der Waals surface area contributed by atoms with E-state index in [1.807, 2.05) is 0 Å². The SMILES string of the molecule is NC(=O)CCCCNCCc1ccsc1. The fourth-order valence-corrected chi connectivity index (χ4v) is 2.04. The summed E-state index contributed by atoms with van der Waals surface area (Å²) in [5.41, 5.74) is 6.43. The first-order valence-electron chi connectivity index (χ1n) is 5.29. The van der Waals surface area contributed by atoms with Crippen molar-refractivity contribution in [3.05, 3.63) is 22.4 Å². The van der Waals surface area contributed by atoms with Crippen LogP contribution in [0.15, 0.2) is 16.8 Å². The van der Waals surface area contributed by atoms with E-state index >= 15 is 0 Å². The van der Waals surface area contributed by atoms with E-state index in [1.165, 1.54) is 5.56 Å². The molecule has 0 unspecified atom stereocenters. The van der Waals surface area contributed by atoms with Gasteiger partial charge in [-0.3, -0.25) is 4.79 Å². The monoisotopic (exact) mass is 226 g/mol. The first-order valence-corrected chi connectivity index (χ1v) is 6.23. The lowest BCUT2D eigenvalue weighted by molar-refractivity contribution is -0.118. The lowest BCUT2D eigenvalue weighted by atomic mass is 10.2. The van der Waals surface area contributed by atoms with Crippen molar-refractivity contribution in [1.82, 2.24) is 5.32 Å². The quantitative estimate of drug-likeness (QED) is 0.661. The van der Waals surface area contributed by atoms with Gasteiger partial charge in [0.2, 0.25) is 5.91 Å². The maximum Gasteiger partial charge on any atom is 0.217 e. The maximum absolute atomic E-state index is 10.4. The van der Waals surface area contributed by atoms with Gasteiger partial charge >= 0.3 is 0 Å². The van der Waals surface area contributed by atoms with E-state index in [0.717, 1.165) is 32.4 Å². The van der Waals surface area contributed by atoms with Gasteiger partial charge in [0.25, 0.3) is 0 Å². The Morgan fingerprint density at radius 3 is 2.93 bits per heavy atom. The molecule has 1 heterocycles. The number of carbonyl (C=O) groups is 1. The third-order valence-corrected chi connectivity index (χ3v) is 2.93. The van der Waals surface area contributed by atoms with Gasteiger partial charge in [-0.2, -0.15) is 11.3 Å². The zero-order valence-electron chi connectivity index (χ0n) is 8.87. The number of unbranched alkanes of at least 4 members (excludes halogenated alkanes) is 1. The zero-order chi connectivity index (χ0) is 10.9. The minimum atomic E-state index is -0.201. The van der Waals surface area contributed by atoms with Crippen molar-refractivity contribution in [2.24, 2.45) is 5.73 Å². The van der Waals surface area contributed by atoms with Crippen molar-refractivity contribution in [1.29, 1.82) is 0 Å². The zero-order valence-corrected chi connectivity index (χ0v) is 9.69. The van der Waals surface area contributed by atoms with Crippen LogP contribution in [-0.2, 0) is 11.2 Å². The van der Waals surface area contributed by atoms with Crippen LogP contribution in [-0.4, -0.2) is 19.0 Å². The fourth-order valence-electron chi connectivity index (χ4n) is 1.34. The van der Waals surface area contributed by atoms with E-state index in [0.29, 0.717) is 6.42 Å². The molecule has 0 saturated carbocycles. The lowest BCUT2D eigenvalue weighted by Crippen LogP contribution is -2.19. The minimum absolute atomic E-state index is 0.201. The van der Waals surface area contributed by atoms with E-state index in [2.05, 4.69) is 22.1 Å². The van der Waals surface area contributed by atoms with Gasteiger partial charge in [0.05, 0.1) is 0 Å². The normalized spacial score (nSPS) is 10.4. The number of hydrogen-bond donors (Lipinski definition) is 2. The van der Waals surface area contributed by atoms with Crippen molar-refractivity contribution < 1.29 is 4.79 Å². The summed E-state index contributed by atoms with van der Waals surface area (Å²) in [6, 6.07) is 2.15. The highest BCUT2D eigenvalue weighted by atomic mass is 32.1. The average Bonchev–Trinajstić information content (AvgIpc) is 2.68. The molecule has 15 heavy (non-hydrogen) atoms. The van der Waals surface area contributed by atoms with E-state index in [4.69, 9.17) is 5.73 Å². The molecule has 0 aliphatic rings. The smallest absolute Gasteiger partial charge is 0.217 e. The molecule has 0 fully saturated rings. The summed E-state index contributed by atoms with van der Waals surface area (Å²) in [6.45, 7) is 1.98. The Morgan fingerprint density at radius 2 is 2.27 bits per heavy atom. The van der Waals surface area contributed by atoms with Crippen LogP contribution < -0.4 is 11.1 Å². The van der Waals surface area contributed by atoms with Gasteiger partial charge in [0, 0.05) is 6.42 Å². The van der Waals surface area contributed by atoms with Crippen LogP contribution in [0.1, 0.15) is 24.8 Å². The Hall–Kier alpha value is -0.870. The highest BCUT2D eigenvalue weighted by Gasteiger charge is 1.95. The van der Waals surface area contributed by atoms with Crippen molar-refractivity contribution in [3.63, 3.8) is 0 Å². The second kappa shape index (κ2) is 7.43. The van der Waals surface area contributed by atoms with Crippen molar-refractivity contribution in [2.75, 3.05) is 13.1 Å². The van der Waals surface area contributed by atoms with E-state index in [-0.39, 0.29) is 5.91 Å². The molecule has 1 aromatic rings. The Morgan fingerprint density at radius 1 is 1.40 bits per heavy atom.